The highest BCUT2D eigenvalue weighted by Gasteiger charge is 2.15. The van der Waals surface area contributed by atoms with Crippen molar-refractivity contribution in [2.45, 2.75) is 0 Å². The van der Waals surface area contributed by atoms with E-state index in [1.54, 1.807) is 0 Å². The predicted octanol–water partition coefficient (Wildman–Crippen LogP) is -1.01. The van der Waals surface area contributed by atoms with E-state index >= 15 is 0 Å². The summed E-state index contributed by atoms with van der Waals surface area (Å²) >= 11 is 1.11. The summed E-state index contributed by atoms with van der Waals surface area (Å²) in [6.45, 7) is 2.46. The van der Waals surface area contributed by atoms with E-state index in [-0.39, 0.29) is 5.91 Å². The van der Waals surface area contributed by atoms with Gasteiger partial charge in [0.2, 0.25) is 0 Å². The van der Waals surface area contributed by atoms with Crippen molar-refractivity contribution in [2.24, 2.45) is 5.92 Å². The van der Waals surface area contributed by atoms with Gasteiger partial charge in [0.1, 0.15) is 4.88 Å². The lowest BCUT2D eigenvalue weighted by molar-refractivity contribution is 0.0952. The van der Waals surface area contributed by atoms with Crippen LogP contribution in [0.1, 0.15) is 9.67 Å². The molecular weight excluding hydrogens is 202 g/mol. The molecule has 0 spiro atoms. The van der Waals surface area contributed by atoms with Crippen molar-refractivity contribution in [1.82, 2.24) is 25.8 Å². The SMILES string of the molecule is O=C(NCC1CNNC1)c1cnns1. The highest BCUT2D eigenvalue weighted by atomic mass is 32.1. The second kappa shape index (κ2) is 4.45. The second-order valence-electron chi connectivity index (χ2n) is 3.12. The summed E-state index contributed by atoms with van der Waals surface area (Å²) in [6.07, 6.45) is 1.48. The molecule has 0 radical (unpaired) electrons. The highest BCUT2D eigenvalue weighted by Crippen LogP contribution is 2.02. The summed E-state index contributed by atoms with van der Waals surface area (Å²) in [4.78, 5) is 12.0. The van der Waals surface area contributed by atoms with E-state index in [4.69, 9.17) is 0 Å². The maximum Gasteiger partial charge on any atom is 0.264 e. The number of carbonyl (C=O) groups excluding carboxylic acids is 1. The highest BCUT2D eigenvalue weighted by molar-refractivity contribution is 7.07. The Labute approximate surface area is 85.2 Å². The third-order valence-electron chi connectivity index (χ3n) is 2.04. The zero-order valence-corrected chi connectivity index (χ0v) is 8.30. The van der Waals surface area contributed by atoms with Crippen molar-refractivity contribution in [3.05, 3.63) is 11.1 Å². The number of carbonyl (C=O) groups is 1. The number of nitrogens with zero attached hydrogens (tertiary/aromatic N) is 2. The molecule has 0 aliphatic carbocycles. The molecule has 76 valence electrons. The standard InChI is InChI=1S/C7H11N5OS/c13-7(6-4-11-12-14-6)8-1-5-2-9-10-3-5/h4-5,9-10H,1-3H2,(H,8,13). The normalized spacial score (nSPS) is 17.1. The molecule has 2 heterocycles. The van der Waals surface area contributed by atoms with Crippen molar-refractivity contribution in [3.63, 3.8) is 0 Å². The van der Waals surface area contributed by atoms with Gasteiger partial charge in [-0.2, -0.15) is 0 Å². The first kappa shape index (κ1) is 9.50. The van der Waals surface area contributed by atoms with Gasteiger partial charge in [-0.3, -0.25) is 15.6 Å². The molecule has 1 amide bonds. The summed E-state index contributed by atoms with van der Waals surface area (Å²) in [5.41, 5.74) is 6.01. The van der Waals surface area contributed by atoms with E-state index in [2.05, 4.69) is 25.8 Å². The lowest BCUT2D eigenvalue weighted by Crippen LogP contribution is -2.30. The predicted molar refractivity (Wildman–Crippen MR) is 51.7 cm³/mol. The Balaban J connectivity index is 1.78. The lowest BCUT2D eigenvalue weighted by atomic mass is 10.1. The van der Waals surface area contributed by atoms with Crippen LogP contribution in [0.5, 0.6) is 0 Å². The third kappa shape index (κ3) is 2.25. The van der Waals surface area contributed by atoms with E-state index < -0.39 is 0 Å². The molecule has 2 rings (SSSR count). The van der Waals surface area contributed by atoms with Crippen LogP contribution in [0.4, 0.5) is 0 Å². The maximum absolute atomic E-state index is 11.4. The molecule has 7 heteroatoms. The van der Waals surface area contributed by atoms with E-state index in [0.717, 1.165) is 24.6 Å². The molecule has 1 aliphatic rings. The molecule has 6 nitrogen and oxygen atoms in total. The second-order valence-corrected chi connectivity index (χ2v) is 3.91. The summed E-state index contributed by atoms with van der Waals surface area (Å²) in [5, 5.41) is 6.44. The van der Waals surface area contributed by atoms with Crippen LogP contribution < -0.4 is 16.2 Å². The van der Waals surface area contributed by atoms with Gasteiger partial charge in [0.05, 0.1) is 6.20 Å². The van der Waals surface area contributed by atoms with Crippen LogP contribution in [-0.4, -0.2) is 35.1 Å². The third-order valence-corrected chi connectivity index (χ3v) is 2.71. The number of nitrogens with one attached hydrogen (secondary N) is 3. The Bertz CT molecular complexity index is 295. The van der Waals surface area contributed by atoms with Crippen LogP contribution in [0.2, 0.25) is 0 Å². The lowest BCUT2D eigenvalue weighted by Gasteiger charge is -2.07. The number of hydrogen-bond donors (Lipinski definition) is 3. The number of hydrazine groups is 1. The van der Waals surface area contributed by atoms with E-state index in [1.165, 1.54) is 6.20 Å². The molecule has 3 N–H and O–H groups in total. The van der Waals surface area contributed by atoms with Gasteiger partial charge >= 0.3 is 0 Å². The quantitative estimate of drug-likeness (QED) is 0.599. The number of rotatable bonds is 3. The topological polar surface area (TPSA) is 78.9 Å². The van der Waals surface area contributed by atoms with Crippen LogP contribution in [-0.2, 0) is 0 Å². The van der Waals surface area contributed by atoms with Crippen LogP contribution in [0.3, 0.4) is 0 Å². The first-order chi connectivity index (χ1) is 6.86. The Morgan fingerprint density at radius 2 is 2.43 bits per heavy atom. The Kier molecular flexibility index (Phi) is 3.02. The fraction of sp³-hybridized carbons (Fsp3) is 0.571. The molecular formula is C7H11N5OS. The molecule has 0 aromatic carbocycles. The molecule has 1 aromatic rings. The molecule has 0 saturated carbocycles. The van der Waals surface area contributed by atoms with Gasteiger partial charge in [0, 0.05) is 25.6 Å². The zero-order valence-electron chi connectivity index (χ0n) is 7.49. The monoisotopic (exact) mass is 213 g/mol. The smallest absolute Gasteiger partial charge is 0.264 e. The molecule has 0 unspecified atom stereocenters. The van der Waals surface area contributed by atoms with E-state index in [0.29, 0.717) is 17.3 Å². The fourth-order valence-electron chi connectivity index (χ4n) is 1.24. The average Bonchev–Trinajstić information content (AvgIpc) is 2.87. The van der Waals surface area contributed by atoms with Crippen LogP contribution in [0, 0.1) is 5.92 Å². The summed E-state index contributed by atoms with van der Waals surface area (Å²) in [6, 6.07) is 0. The van der Waals surface area contributed by atoms with Crippen molar-refractivity contribution >= 4 is 17.4 Å². The van der Waals surface area contributed by atoms with Crippen molar-refractivity contribution in [2.75, 3.05) is 19.6 Å². The number of amides is 1. The summed E-state index contributed by atoms with van der Waals surface area (Å²) in [7, 11) is 0. The van der Waals surface area contributed by atoms with Crippen LogP contribution in [0.15, 0.2) is 6.20 Å². The van der Waals surface area contributed by atoms with Crippen LogP contribution >= 0.6 is 11.5 Å². The van der Waals surface area contributed by atoms with Crippen molar-refractivity contribution in [3.8, 4) is 0 Å². The van der Waals surface area contributed by atoms with Gasteiger partial charge in [-0.15, -0.1) is 5.10 Å². The minimum absolute atomic E-state index is 0.0908. The Hall–Kier alpha value is -1.05. The fourth-order valence-corrected chi connectivity index (χ4v) is 1.67. The molecule has 0 bridgehead atoms. The minimum Gasteiger partial charge on any atom is -0.351 e. The molecule has 1 aliphatic heterocycles. The van der Waals surface area contributed by atoms with Gasteiger partial charge in [-0.25, -0.2) is 0 Å². The van der Waals surface area contributed by atoms with Gasteiger partial charge in [-0.1, -0.05) is 4.49 Å². The first-order valence-electron chi connectivity index (χ1n) is 4.37. The summed E-state index contributed by atoms with van der Waals surface area (Å²) in [5.74, 6) is 0.367. The number of aromatic nitrogens is 2. The van der Waals surface area contributed by atoms with E-state index in [1.807, 2.05) is 0 Å². The first-order valence-corrected chi connectivity index (χ1v) is 5.15. The van der Waals surface area contributed by atoms with Crippen molar-refractivity contribution < 1.29 is 4.79 Å². The van der Waals surface area contributed by atoms with Gasteiger partial charge in [0.15, 0.2) is 0 Å². The molecule has 0 atom stereocenters. The average molecular weight is 213 g/mol. The minimum atomic E-state index is -0.0908. The maximum atomic E-state index is 11.4. The molecule has 1 aromatic heterocycles. The largest absolute Gasteiger partial charge is 0.351 e. The molecule has 1 saturated heterocycles. The van der Waals surface area contributed by atoms with Gasteiger partial charge < -0.3 is 5.32 Å². The summed E-state index contributed by atoms with van der Waals surface area (Å²) < 4.78 is 3.63. The molecule has 1 fully saturated rings. The Morgan fingerprint density at radius 3 is 3.07 bits per heavy atom. The van der Waals surface area contributed by atoms with E-state index in [9.17, 15) is 4.79 Å². The molecule has 14 heavy (non-hydrogen) atoms. The number of hydrogen-bond acceptors (Lipinski definition) is 6. The van der Waals surface area contributed by atoms with Gasteiger partial charge in [-0.05, 0) is 11.5 Å². The van der Waals surface area contributed by atoms with Gasteiger partial charge in [0.25, 0.3) is 5.91 Å². The Morgan fingerprint density at radius 1 is 1.64 bits per heavy atom. The van der Waals surface area contributed by atoms with Crippen LogP contribution in [0.25, 0.3) is 0 Å². The van der Waals surface area contributed by atoms with Crippen molar-refractivity contribution in [1.29, 1.82) is 0 Å². The zero-order chi connectivity index (χ0) is 9.80.